The van der Waals surface area contributed by atoms with Crippen LogP contribution in [-0.2, 0) is 29.7 Å². The van der Waals surface area contributed by atoms with Crippen LogP contribution in [0.2, 0.25) is 0 Å². The molecule has 1 aliphatic heterocycles. The summed E-state index contributed by atoms with van der Waals surface area (Å²) in [4.78, 5) is 27.2. The summed E-state index contributed by atoms with van der Waals surface area (Å²) in [6.45, 7) is 16.7. The van der Waals surface area contributed by atoms with E-state index in [1.165, 1.54) is 12.1 Å². The number of carbonyl (C=O) groups is 1. The quantitative estimate of drug-likeness (QED) is 0.101. The topological polar surface area (TPSA) is 120 Å². The first-order chi connectivity index (χ1) is 20.9. The molecule has 0 saturated heterocycles. The van der Waals surface area contributed by atoms with Crippen molar-refractivity contribution < 1.29 is 28.1 Å². The van der Waals surface area contributed by atoms with Crippen molar-refractivity contribution in [3.63, 3.8) is 0 Å². The minimum absolute atomic E-state index is 0.108. The summed E-state index contributed by atoms with van der Waals surface area (Å²) < 4.78 is 33.1. The van der Waals surface area contributed by atoms with Crippen molar-refractivity contribution in [1.29, 1.82) is 0 Å². The van der Waals surface area contributed by atoms with Crippen molar-refractivity contribution in [2.24, 2.45) is 10.8 Å². The van der Waals surface area contributed by atoms with Crippen LogP contribution in [0.1, 0.15) is 72.4 Å². The normalized spacial score (nSPS) is 16.2. The summed E-state index contributed by atoms with van der Waals surface area (Å²) in [6, 6.07) is 16.0. The van der Waals surface area contributed by atoms with Crippen LogP contribution in [-0.4, -0.2) is 49.2 Å². The van der Waals surface area contributed by atoms with Crippen molar-refractivity contribution in [3.8, 4) is 0 Å². The van der Waals surface area contributed by atoms with Gasteiger partial charge in [-0.25, -0.2) is 4.79 Å². The molecule has 0 aliphatic carbocycles. The molecule has 1 N–H and O–H groups in total. The zero-order valence-electron chi connectivity index (χ0n) is 28.0. The number of esters is 1. The number of non-ortho nitro benzene ring substituents is 1. The first-order valence-electron chi connectivity index (χ1n) is 15.1. The number of likely N-dealkylation sites (N-methyl/N-ethyl adjacent to an activating group) is 1. The Morgan fingerprint density at radius 3 is 2.11 bits per heavy atom. The monoisotopic (exact) mass is 641 g/mol. The molecule has 11 heteroatoms. The minimum atomic E-state index is -4.09. The fraction of sp³-hybridized carbons (Fsp3) is 0.500. The van der Waals surface area contributed by atoms with Crippen molar-refractivity contribution in [1.82, 2.24) is 10.2 Å². The zero-order chi connectivity index (χ0) is 33.6. The molecule has 0 aromatic heterocycles. The molecule has 1 aliphatic rings. The predicted octanol–water partition coefficient (Wildman–Crippen LogP) is 7.78. The molecule has 10 nitrogen and oxygen atoms in total. The number of nitrogens with one attached hydrogen (secondary N) is 1. The highest BCUT2D eigenvalue weighted by Gasteiger charge is 2.46. The van der Waals surface area contributed by atoms with Gasteiger partial charge in [-0.1, -0.05) is 84.0 Å². The number of dihydropyridines is 1. The van der Waals surface area contributed by atoms with Crippen LogP contribution in [0.5, 0.6) is 0 Å². The van der Waals surface area contributed by atoms with Crippen LogP contribution >= 0.6 is 7.60 Å². The Hall–Kier alpha value is -3.30. The molecule has 0 fully saturated rings. The second-order valence-electron chi connectivity index (χ2n) is 14.0. The van der Waals surface area contributed by atoms with E-state index < -0.39 is 24.4 Å². The molecule has 0 radical (unpaired) electrons. The Morgan fingerprint density at radius 1 is 0.956 bits per heavy atom. The summed E-state index contributed by atoms with van der Waals surface area (Å²) in [6.07, 6.45) is 0. The Balaban J connectivity index is 2.03. The second kappa shape index (κ2) is 14.9. The lowest BCUT2D eigenvalue weighted by atomic mass is 9.86. The van der Waals surface area contributed by atoms with Gasteiger partial charge < -0.3 is 19.1 Å². The van der Waals surface area contributed by atoms with Gasteiger partial charge in [-0.15, -0.1) is 0 Å². The van der Waals surface area contributed by atoms with Gasteiger partial charge in [0.25, 0.3) is 5.69 Å². The van der Waals surface area contributed by atoms with E-state index in [4.69, 9.17) is 13.8 Å². The van der Waals surface area contributed by atoms with Crippen molar-refractivity contribution in [3.05, 3.63) is 98.1 Å². The number of allylic oxidation sites excluding steroid dienone is 3. The van der Waals surface area contributed by atoms with Crippen molar-refractivity contribution in [2.45, 2.75) is 67.9 Å². The van der Waals surface area contributed by atoms with Crippen molar-refractivity contribution in [2.75, 3.05) is 33.4 Å². The Kier molecular flexibility index (Phi) is 11.9. The van der Waals surface area contributed by atoms with Gasteiger partial charge in [0.2, 0.25) is 0 Å². The van der Waals surface area contributed by atoms with E-state index in [0.29, 0.717) is 30.0 Å². The number of hydrogen-bond acceptors (Lipinski definition) is 9. The second-order valence-corrected chi connectivity index (χ2v) is 16.0. The molecule has 0 bridgehead atoms. The van der Waals surface area contributed by atoms with E-state index >= 15 is 0 Å². The number of nitrogens with zero attached hydrogens (tertiary/aromatic N) is 2. The van der Waals surface area contributed by atoms with Gasteiger partial charge in [-0.3, -0.25) is 19.6 Å². The van der Waals surface area contributed by atoms with Gasteiger partial charge in [0.1, 0.15) is 6.61 Å². The number of nitro benzene ring substituents is 1. The molecule has 2 aromatic rings. The van der Waals surface area contributed by atoms with Crippen LogP contribution in [0.25, 0.3) is 0 Å². The Morgan fingerprint density at radius 2 is 1.56 bits per heavy atom. The van der Waals surface area contributed by atoms with E-state index in [0.717, 1.165) is 5.56 Å². The zero-order valence-corrected chi connectivity index (χ0v) is 28.9. The fourth-order valence-corrected chi connectivity index (χ4v) is 7.37. The number of hydrogen-bond donors (Lipinski definition) is 1. The molecule has 1 heterocycles. The number of ether oxygens (including phenoxy) is 1. The highest BCUT2D eigenvalue weighted by Crippen LogP contribution is 2.65. The maximum Gasteiger partial charge on any atom is 0.360 e. The van der Waals surface area contributed by atoms with Gasteiger partial charge in [0, 0.05) is 36.6 Å². The molecule has 0 amide bonds. The summed E-state index contributed by atoms with van der Waals surface area (Å²) in [7, 11) is -2.15. The van der Waals surface area contributed by atoms with Gasteiger partial charge in [-0.05, 0) is 42.9 Å². The third-order valence-electron chi connectivity index (χ3n) is 6.99. The lowest BCUT2D eigenvalue weighted by Crippen LogP contribution is -2.31. The predicted molar refractivity (Wildman–Crippen MR) is 177 cm³/mol. The Labute approximate surface area is 267 Å². The number of nitro groups is 1. The van der Waals surface area contributed by atoms with E-state index in [9.17, 15) is 19.5 Å². The molecular formula is C34H48N3O7P. The molecule has 2 aromatic carbocycles. The molecule has 3 rings (SSSR count). The summed E-state index contributed by atoms with van der Waals surface area (Å²) in [5.74, 6) is -1.60. The largest absolute Gasteiger partial charge is 0.461 e. The molecule has 0 spiro atoms. The number of carbonyl (C=O) groups excluding carboxylic acids is 1. The molecule has 1 unspecified atom stereocenters. The smallest absolute Gasteiger partial charge is 0.360 e. The maximum absolute atomic E-state index is 15.0. The summed E-state index contributed by atoms with van der Waals surface area (Å²) in [5.41, 5.74) is 1.88. The van der Waals surface area contributed by atoms with Gasteiger partial charge in [0.05, 0.1) is 34.9 Å². The van der Waals surface area contributed by atoms with E-state index in [1.54, 1.807) is 26.0 Å². The van der Waals surface area contributed by atoms with Crippen LogP contribution in [0.4, 0.5) is 5.69 Å². The highest BCUT2D eigenvalue weighted by molar-refractivity contribution is 7.58. The average molecular weight is 642 g/mol. The van der Waals surface area contributed by atoms with Crippen LogP contribution in [0.15, 0.2) is 76.9 Å². The number of benzene rings is 2. The molecule has 1 atom stereocenters. The lowest BCUT2D eigenvalue weighted by Gasteiger charge is -2.36. The number of rotatable bonds is 13. The molecule has 0 saturated carbocycles. The van der Waals surface area contributed by atoms with Crippen LogP contribution in [0, 0.1) is 20.9 Å². The van der Waals surface area contributed by atoms with Crippen molar-refractivity contribution >= 4 is 19.3 Å². The first kappa shape index (κ1) is 36.2. The average Bonchev–Trinajstić information content (AvgIpc) is 2.94. The third-order valence-corrected chi connectivity index (χ3v) is 9.11. The van der Waals surface area contributed by atoms with E-state index in [-0.39, 0.29) is 47.2 Å². The van der Waals surface area contributed by atoms with Crippen LogP contribution in [0.3, 0.4) is 0 Å². The van der Waals surface area contributed by atoms with Crippen LogP contribution < -0.4 is 5.32 Å². The van der Waals surface area contributed by atoms with Gasteiger partial charge in [0.15, 0.2) is 0 Å². The standard InChI is InChI=1S/C34H48N3O7P/c1-24-29(32(38)42-19-18-36(9)21-26-14-11-10-12-15-26)30(27-16-13-17-28(20-27)37(39)40)31(25(2)35-24)45(41,43-22-33(3,4)5)44-23-34(6,7)8/h10-17,20,30,35H,18-19,21-23H2,1-9H3. The van der Waals surface area contributed by atoms with Gasteiger partial charge >= 0.3 is 13.6 Å². The van der Waals surface area contributed by atoms with E-state index in [1.807, 2.05) is 83.8 Å². The Bertz CT molecular complexity index is 1450. The lowest BCUT2D eigenvalue weighted by molar-refractivity contribution is -0.384. The van der Waals surface area contributed by atoms with E-state index in [2.05, 4.69) is 5.32 Å². The molecule has 45 heavy (non-hydrogen) atoms. The summed E-state index contributed by atoms with van der Waals surface area (Å²) in [5, 5.41) is 15.2. The SMILES string of the molecule is CC1=C(C(=O)OCCN(C)Cc2ccccc2)C(c2cccc([N+](=O)[O-])c2)C(P(=O)(OCC(C)(C)C)OCC(C)(C)C)=C(C)N1. The maximum atomic E-state index is 15.0. The molecular weight excluding hydrogens is 593 g/mol. The fourth-order valence-electron chi connectivity index (χ4n) is 4.84. The minimum Gasteiger partial charge on any atom is -0.461 e. The third kappa shape index (κ3) is 10.4. The summed E-state index contributed by atoms with van der Waals surface area (Å²) >= 11 is 0. The first-order valence-corrected chi connectivity index (χ1v) is 16.7. The highest BCUT2D eigenvalue weighted by atomic mass is 31.2. The molecule has 246 valence electrons. The van der Waals surface area contributed by atoms with Gasteiger partial charge in [-0.2, -0.15) is 0 Å².